The summed E-state index contributed by atoms with van der Waals surface area (Å²) >= 11 is 0. The topological polar surface area (TPSA) is 101 Å². The average molecular weight is 453 g/mol. The molecule has 0 saturated carbocycles. The lowest BCUT2D eigenvalue weighted by molar-refractivity contribution is -0.274. The third kappa shape index (κ3) is 5.96. The van der Waals surface area contributed by atoms with Crippen LogP contribution in [0.2, 0.25) is 0 Å². The smallest absolute Gasteiger partial charge is 0.406 e. The average Bonchev–Trinajstić information content (AvgIpc) is 2.74. The molecular formula is C20H18F3N3O4S. The van der Waals surface area contributed by atoms with E-state index in [0.717, 1.165) is 24.3 Å². The van der Waals surface area contributed by atoms with E-state index in [-0.39, 0.29) is 16.0 Å². The van der Waals surface area contributed by atoms with Gasteiger partial charge >= 0.3 is 6.36 Å². The molecule has 1 aliphatic heterocycles. The van der Waals surface area contributed by atoms with E-state index >= 15 is 0 Å². The van der Waals surface area contributed by atoms with E-state index in [1.54, 1.807) is 0 Å². The SMILES string of the molecule is N#Cc1cccc(C(ON=C2CCNCC2)S(=O)(=O)c2ccc(OC(F)(F)F)cc2)c1. The molecule has 2 aromatic rings. The molecule has 0 aliphatic carbocycles. The molecule has 2 aromatic carbocycles. The Bertz CT molecular complexity index is 1090. The summed E-state index contributed by atoms with van der Waals surface area (Å²) in [6, 6.07) is 11.6. The summed E-state index contributed by atoms with van der Waals surface area (Å²) in [6.07, 6.45) is -3.71. The number of nitriles is 1. The van der Waals surface area contributed by atoms with E-state index in [1.807, 2.05) is 6.07 Å². The largest absolute Gasteiger partial charge is 0.573 e. The molecule has 0 bridgehead atoms. The Morgan fingerprint density at radius 3 is 2.39 bits per heavy atom. The lowest BCUT2D eigenvalue weighted by Gasteiger charge is -2.19. The van der Waals surface area contributed by atoms with Gasteiger partial charge in [-0.2, -0.15) is 5.26 Å². The second kappa shape index (κ2) is 9.36. The first-order chi connectivity index (χ1) is 14.7. The zero-order chi connectivity index (χ0) is 22.5. The zero-order valence-electron chi connectivity index (χ0n) is 16.1. The molecule has 1 aliphatic rings. The van der Waals surface area contributed by atoms with Gasteiger partial charge in [-0.25, -0.2) is 8.42 Å². The van der Waals surface area contributed by atoms with Gasteiger partial charge in [0.2, 0.25) is 9.84 Å². The van der Waals surface area contributed by atoms with Gasteiger partial charge in [0.15, 0.2) is 0 Å². The van der Waals surface area contributed by atoms with E-state index in [1.165, 1.54) is 24.3 Å². The summed E-state index contributed by atoms with van der Waals surface area (Å²) in [6.45, 7) is 1.37. The highest BCUT2D eigenvalue weighted by molar-refractivity contribution is 7.91. The predicted molar refractivity (Wildman–Crippen MR) is 105 cm³/mol. The highest BCUT2D eigenvalue weighted by atomic mass is 32.2. The first-order valence-electron chi connectivity index (χ1n) is 9.21. The summed E-state index contributed by atoms with van der Waals surface area (Å²) in [4.78, 5) is 5.17. The molecule has 11 heteroatoms. The fourth-order valence-electron chi connectivity index (χ4n) is 2.94. The van der Waals surface area contributed by atoms with Gasteiger partial charge in [-0.15, -0.1) is 13.2 Å². The van der Waals surface area contributed by atoms with Gasteiger partial charge in [0.25, 0.3) is 5.44 Å². The number of nitrogens with one attached hydrogen (secondary N) is 1. The molecule has 1 heterocycles. The number of nitrogens with zero attached hydrogens (tertiary/aromatic N) is 2. The molecule has 1 atom stereocenters. The summed E-state index contributed by atoms with van der Waals surface area (Å²) in [5.74, 6) is -0.551. The third-order valence-electron chi connectivity index (χ3n) is 4.41. The van der Waals surface area contributed by atoms with Crippen LogP contribution in [-0.2, 0) is 14.7 Å². The second-order valence-corrected chi connectivity index (χ2v) is 8.64. The number of alkyl halides is 3. The Hall–Kier alpha value is -3.10. The number of oxime groups is 1. The van der Waals surface area contributed by atoms with Gasteiger partial charge in [-0.3, -0.25) is 0 Å². The van der Waals surface area contributed by atoms with Crippen molar-refractivity contribution in [1.82, 2.24) is 5.32 Å². The van der Waals surface area contributed by atoms with Crippen LogP contribution in [0.4, 0.5) is 13.2 Å². The maximum atomic E-state index is 13.2. The minimum absolute atomic E-state index is 0.174. The molecule has 3 rings (SSSR count). The van der Waals surface area contributed by atoms with Crippen LogP contribution in [0, 0.1) is 11.3 Å². The highest BCUT2D eigenvalue weighted by Crippen LogP contribution is 2.33. The lowest BCUT2D eigenvalue weighted by atomic mass is 10.1. The van der Waals surface area contributed by atoms with E-state index in [9.17, 15) is 21.6 Å². The Morgan fingerprint density at radius 1 is 1.10 bits per heavy atom. The van der Waals surface area contributed by atoms with E-state index in [4.69, 9.17) is 10.1 Å². The maximum absolute atomic E-state index is 13.2. The summed E-state index contributed by atoms with van der Waals surface area (Å²) in [5.41, 5.74) is -0.500. The molecule has 1 unspecified atom stereocenters. The van der Waals surface area contributed by atoms with Crippen molar-refractivity contribution in [2.24, 2.45) is 5.16 Å². The number of halogens is 3. The first kappa shape index (κ1) is 22.6. The predicted octanol–water partition coefficient (Wildman–Crippen LogP) is 3.69. The first-order valence-corrected chi connectivity index (χ1v) is 10.8. The number of benzene rings is 2. The van der Waals surface area contributed by atoms with Crippen molar-refractivity contribution in [2.75, 3.05) is 13.1 Å². The Labute approximate surface area is 177 Å². The fourth-order valence-corrected chi connectivity index (χ4v) is 4.36. The standard InChI is InChI=1S/C20H18F3N3O4S/c21-20(22,23)29-17-4-6-18(7-5-17)31(27,28)19(15-3-1-2-14(12-15)13-24)30-26-16-8-10-25-11-9-16/h1-7,12,19,25H,8-11H2. The molecule has 0 spiro atoms. The monoisotopic (exact) mass is 453 g/mol. The van der Waals surface area contributed by atoms with Crippen LogP contribution in [0.5, 0.6) is 5.75 Å². The second-order valence-electron chi connectivity index (χ2n) is 6.65. The number of hydrogen-bond donors (Lipinski definition) is 1. The number of hydrogen-bond acceptors (Lipinski definition) is 7. The summed E-state index contributed by atoms with van der Waals surface area (Å²) in [5, 5.41) is 16.3. The molecule has 164 valence electrons. The number of rotatable bonds is 6. The molecule has 1 N–H and O–H groups in total. The summed E-state index contributed by atoms with van der Waals surface area (Å²) < 4.78 is 67.4. The van der Waals surface area contributed by atoms with E-state index in [0.29, 0.717) is 31.6 Å². The molecule has 1 saturated heterocycles. The normalized spacial score (nSPS) is 15.6. The molecule has 0 amide bonds. The lowest BCUT2D eigenvalue weighted by Crippen LogP contribution is -2.28. The quantitative estimate of drug-likeness (QED) is 0.670. The van der Waals surface area contributed by atoms with Crippen LogP contribution >= 0.6 is 0 Å². The summed E-state index contributed by atoms with van der Waals surface area (Å²) in [7, 11) is -4.23. The minimum atomic E-state index is -4.89. The van der Waals surface area contributed by atoms with Crippen molar-refractivity contribution in [2.45, 2.75) is 29.5 Å². The Balaban J connectivity index is 1.95. The number of piperidine rings is 1. The van der Waals surface area contributed by atoms with Crippen LogP contribution in [0.3, 0.4) is 0 Å². The van der Waals surface area contributed by atoms with Crippen LogP contribution in [0.1, 0.15) is 29.4 Å². The van der Waals surface area contributed by atoms with Crippen molar-refractivity contribution in [3.63, 3.8) is 0 Å². The van der Waals surface area contributed by atoms with Gasteiger partial charge in [-0.05, 0) is 36.4 Å². The molecule has 0 aromatic heterocycles. The zero-order valence-corrected chi connectivity index (χ0v) is 16.9. The van der Waals surface area contributed by atoms with Crippen LogP contribution in [0.25, 0.3) is 0 Å². The van der Waals surface area contributed by atoms with E-state index < -0.39 is 27.4 Å². The fraction of sp³-hybridized carbons (Fsp3) is 0.300. The molecule has 1 fully saturated rings. The van der Waals surface area contributed by atoms with Crippen molar-refractivity contribution >= 4 is 15.5 Å². The van der Waals surface area contributed by atoms with Gasteiger partial charge in [0.05, 0.1) is 22.2 Å². The van der Waals surface area contributed by atoms with Gasteiger partial charge < -0.3 is 14.9 Å². The molecule has 7 nitrogen and oxygen atoms in total. The van der Waals surface area contributed by atoms with Crippen LogP contribution < -0.4 is 10.1 Å². The third-order valence-corrected chi connectivity index (χ3v) is 6.26. The maximum Gasteiger partial charge on any atom is 0.573 e. The van der Waals surface area contributed by atoms with Crippen molar-refractivity contribution in [3.8, 4) is 11.8 Å². The molecular weight excluding hydrogens is 435 g/mol. The number of sulfone groups is 1. The van der Waals surface area contributed by atoms with Gasteiger partial charge in [-0.1, -0.05) is 17.3 Å². The highest BCUT2D eigenvalue weighted by Gasteiger charge is 2.34. The Morgan fingerprint density at radius 2 is 1.77 bits per heavy atom. The van der Waals surface area contributed by atoms with Gasteiger partial charge in [0.1, 0.15) is 5.75 Å². The van der Waals surface area contributed by atoms with Crippen molar-refractivity contribution < 1.29 is 31.2 Å². The molecule has 31 heavy (non-hydrogen) atoms. The van der Waals surface area contributed by atoms with E-state index in [2.05, 4.69) is 15.2 Å². The number of ether oxygens (including phenoxy) is 1. The van der Waals surface area contributed by atoms with Crippen LogP contribution in [0.15, 0.2) is 58.6 Å². The van der Waals surface area contributed by atoms with Crippen LogP contribution in [-0.4, -0.2) is 33.6 Å². The van der Waals surface area contributed by atoms with Crippen molar-refractivity contribution in [3.05, 3.63) is 59.7 Å². The molecule has 0 radical (unpaired) electrons. The van der Waals surface area contributed by atoms with Crippen molar-refractivity contribution in [1.29, 1.82) is 5.26 Å². The van der Waals surface area contributed by atoms with Gasteiger partial charge in [0, 0.05) is 31.5 Å². The Kier molecular flexibility index (Phi) is 6.82. The minimum Gasteiger partial charge on any atom is -0.406 e.